The fourth-order valence-electron chi connectivity index (χ4n) is 4.04. The lowest BCUT2D eigenvalue weighted by atomic mass is 9.86. The molecular weight excluding hydrogens is 539 g/mol. The third-order valence-electron chi connectivity index (χ3n) is 5.71. The monoisotopic (exact) mass is 561 g/mol. The molecule has 1 aliphatic rings. The number of hydrogen-bond donors (Lipinski definition) is 1. The summed E-state index contributed by atoms with van der Waals surface area (Å²) in [7, 11) is -4.84. The summed E-state index contributed by atoms with van der Waals surface area (Å²) < 4.78 is 70.6. The number of guanidine groups is 1. The molecule has 1 unspecified atom stereocenters. The Morgan fingerprint density at radius 3 is 2.29 bits per heavy atom. The lowest BCUT2D eigenvalue weighted by Gasteiger charge is -2.30. The number of nitrogens with two attached hydrogens (primary N) is 1. The van der Waals surface area contributed by atoms with Crippen molar-refractivity contribution >= 4 is 39.1 Å². The molecule has 3 aromatic carbocycles. The molecule has 0 radical (unpaired) electrons. The molecule has 2 N–H and O–H groups in total. The van der Waals surface area contributed by atoms with Crippen molar-refractivity contribution in [3.8, 4) is 0 Å². The molecule has 1 atom stereocenters. The van der Waals surface area contributed by atoms with Gasteiger partial charge in [-0.15, -0.1) is 4.40 Å². The van der Waals surface area contributed by atoms with Crippen molar-refractivity contribution in [2.24, 2.45) is 20.2 Å². The molecule has 0 saturated heterocycles. The number of halogens is 4. The highest BCUT2D eigenvalue weighted by molar-refractivity contribution is 7.90. The maximum Gasteiger partial charge on any atom is 0.417 e. The average Bonchev–Trinajstić information content (AvgIpc) is 2.88. The molecule has 0 saturated carbocycles. The van der Waals surface area contributed by atoms with Gasteiger partial charge in [-0.05, 0) is 48.7 Å². The van der Waals surface area contributed by atoms with Crippen LogP contribution in [0.3, 0.4) is 0 Å². The van der Waals surface area contributed by atoms with Crippen LogP contribution in [0.25, 0.3) is 0 Å². The fraction of sp³-hybridized carbons (Fsp3) is 0.192. The van der Waals surface area contributed by atoms with E-state index in [1.165, 1.54) is 18.0 Å². The van der Waals surface area contributed by atoms with Gasteiger partial charge in [-0.2, -0.15) is 31.7 Å². The summed E-state index contributed by atoms with van der Waals surface area (Å²) in [5.41, 5.74) is 6.72. The van der Waals surface area contributed by atoms with Crippen LogP contribution in [-0.2, 0) is 16.2 Å². The lowest BCUT2D eigenvalue weighted by Crippen LogP contribution is -2.36. The van der Waals surface area contributed by atoms with Crippen molar-refractivity contribution in [1.82, 2.24) is 5.01 Å². The Labute approximate surface area is 223 Å². The molecule has 12 heteroatoms. The quantitative estimate of drug-likeness (QED) is 0.327. The smallest absolute Gasteiger partial charge is 0.387 e. The molecule has 198 valence electrons. The maximum absolute atomic E-state index is 13.6. The summed E-state index contributed by atoms with van der Waals surface area (Å²) in [6.07, 6.45) is -4.41. The molecule has 0 bridgehead atoms. The number of amidine groups is 1. The van der Waals surface area contributed by atoms with Crippen LogP contribution in [-0.4, -0.2) is 37.5 Å². The second kappa shape index (κ2) is 11.0. The Bertz CT molecular complexity index is 1500. The van der Waals surface area contributed by atoms with E-state index in [1.807, 2.05) is 30.3 Å². The van der Waals surface area contributed by atoms with Gasteiger partial charge in [0.15, 0.2) is 0 Å². The molecule has 4 rings (SSSR count). The number of sulfonamides is 1. The average molecular weight is 562 g/mol. The van der Waals surface area contributed by atoms with Crippen molar-refractivity contribution in [3.05, 3.63) is 101 Å². The van der Waals surface area contributed by atoms with Gasteiger partial charge in [0.25, 0.3) is 16.0 Å². The predicted octanol–water partition coefficient (Wildman–Crippen LogP) is 5.67. The minimum atomic E-state index is -4.90. The van der Waals surface area contributed by atoms with Gasteiger partial charge in [0.05, 0.1) is 17.1 Å². The van der Waals surface area contributed by atoms with Crippen molar-refractivity contribution in [3.63, 3.8) is 0 Å². The molecule has 0 spiro atoms. The van der Waals surface area contributed by atoms with Gasteiger partial charge in [0, 0.05) is 17.5 Å². The zero-order valence-corrected chi connectivity index (χ0v) is 21.7. The Hall–Kier alpha value is -3.70. The zero-order chi connectivity index (χ0) is 27.5. The van der Waals surface area contributed by atoms with Crippen LogP contribution in [0.4, 0.5) is 13.2 Å². The number of nitrogens with zero attached hydrogens (tertiary/aromatic N) is 4. The summed E-state index contributed by atoms with van der Waals surface area (Å²) in [6, 6.07) is 20.4. The number of alkyl halides is 3. The van der Waals surface area contributed by atoms with Crippen LogP contribution in [0.1, 0.15) is 36.0 Å². The van der Waals surface area contributed by atoms with E-state index in [4.69, 9.17) is 17.3 Å². The van der Waals surface area contributed by atoms with Gasteiger partial charge >= 0.3 is 6.18 Å². The molecular formula is C26H23ClF3N5O2S. The summed E-state index contributed by atoms with van der Waals surface area (Å²) in [4.78, 5) is 3.04. The van der Waals surface area contributed by atoms with E-state index in [0.717, 1.165) is 23.3 Å². The Balaban J connectivity index is 1.85. The van der Waals surface area contributed by atoms with E-state index >= 15 is 0 Å². The molecule has 3 aromatic rings. The van der Waals surface area contributed by atoms with E-state index in [0.29, 0.717) is 23.2 Å². The molecule has 1 heterocycles. The third kappa shape index (κ3) is 6.22. The van der Waals surface area contributed by atoms with Gasteiger partial charge in [-0.1, -0.05) is 66.2 Å². The molecule has 38 heavy (non-hydrogen) atoms. The van der Waals surface area contributed by atoms with Crippen molar-refractivity contribution in [1.29, 1.82) is 0 Å². The van der Waals surface area contributed by atoms with Gasteiger partial charge in [0.1, 0.15) is 4.90 Å². The third-order valence-corrected chi connectivity index (χ3v) is 7.28. The normalized spacial score (nSPS) is 17.3. The van der Waals surface area contributed by atoms with Crippen molar-refractivity contribution in [2.75, 3.05) is 6.54 Å². The molecule has 7 nitrogen and oxygen atoms in total. The molecule has 0 aromatic heterocycles. The number of hydrogen-bond acceptors (Lipinski definition) is 3. The maximum atomic E-state index is 13.6. The number of aliphatic imine (C=N–C) groups is 1. The van der Waals surface area contributed by atoms with Crippen LogP contribution in [0.15, 0.2) is 98.2 Å². The fourth-order valence-corrected chi connectivity index (χ4v) is 5.32. The van der Waals surface area contributed by atoms with Crippen LogP contribution in [0, 0.1) is 0 Å². The van der Waals surface area contributed by atoms with E-state index < -0.39 is 32.6 Å². The minimum absolute atomic E-state index is 0.0449. The SMILES string of the molecule is C/C(N)=N\C(=N\S(=O)(=O)c1ccccc1C(F)(F)F)N1CCC(c2ccccc2)C(c2ccc(Cl)cc2)=N1. The van der Waals surface area contributed by atoms with Crippen LogP contribution in [0.2, 0.25) is 5.02 Å². The van der Waals surface area contributed by atoms with E-state index in [2.05, 4.69) is 14.5 Å². The van der Waals surface area contributed by atoms with E-state index in [9.17, 15) is 21.6 Å². The molecule has 0 aliphatic carbocycles. The first-order valence-corrected chi connectivity index (χ1v) is 13.3. The van der Waals surface area contributed by atoms with Crippen LogP contribution < -0.4 is 5.73 Å². The van der Waals surface area contributed by atoms with Gasteiger partial charge in [-0.3, -0.25) is 0 Å². The predicted molar refractivity (Wildman–Crippen MR) is 142 cm³/mol. The van der Waals surface area contributed by atoms with Gasteiger partial charge in [-0.25, -0.2) is 5.01 Å². The van der Waals surface area contributed by atoms with Crippen molar-refractivity contribution < 1.29 is 21.6 Å². The van der Waals surface area contributed by atoms with Crippen LogP contribution in [0.5, 0.6) is 0 Å². The highest BCUT2D eigenvalue weighted by Gasteiger charge is 2.37. The van der Waals surface area contributed by atoms with E-state index in [-0.39, 0.29) is 18.3 Å². The Morgan fingerprint density at radius 1 is 1.03 bits per heavy atom. The number of rotatable bonds is 4. The number of hydrazone groups is 1. The Kier molecular flexibility index (Phi) is 7.89. The van der Waals surface area contributed by atoms with Gasteiger partial charge < -0.3 is 5.73 Å². The first-order chi connectivity index (χ1) is 18.0. The minimum Gasteiger partial charge on any atom is -0.387 e. The van der Waals surface area contributed by atoms with Gasteiger partial charge in [0.2, 0.25) is 0 Å². The Morgan fingerprint density at radius 2 is 1.66 bits per heavy atom. The van der Waals surface area contributed by atoms with Crippen molar-refractivity contribution in [2.45, 2.75) is 30.3 Å². The van der Waals surface area contributed by atoms with E-state index in [1.54, 1.807) is 24.3 Å². The second-order valence-corrected chi connectivity index (χ2v) is 10.5. The topological polar surface area (TPSA) is 100 Å². The molecule has 0 amide bonds. The number of benzene rings is 3. The summed E-state index contributed by atoms with van der Waals surface area (Å²) in [5, 5.41) is 6.44. The first kappa shape index (κ1) is 27.3. The summed E-state index contributed by atoms with van der Waals surface area (Å²) in [6.45, 7) is 1.59. The first-order valence-electron chi connectivity index (χ1n) is 11.4. The largest absolute Gasteiger partial charge is 0.417 e. The second-order valence-electron chi connectivity index (χ2n) is 8.48. The standard InChI is InChI=1S/C26H23ClF3N5O2S/c1-17(31)32-25(34-38(36,37)23-10-6-5-9-22(23)26(28,29)30)35-16-15-21(18-7-3-2-4-8-18)24(33-35)19-11-13-20(27)14-12-19/h2-14,21H,15-16H2,1H3,(H2,31,32,34). The van der Waals surface area contributed by atoms with Crippen LogP contribution >= 0.6 is 11.6 Å². The highest BCUT2D eigenvalue weighted by Crippen LogP contribution is 2.35. The lowest BCUT2D eigenvalue weighted by molar-refractivity contribution is -0.139. The summed E-state index contributed by atoms with van der Waals surface area (Å²) in [5.74, 6) is -0.642. The molecule has 0 fully saturated rings. The highest BCUT2D eigenvalue weighted by atomic mass is 35.5. The molecule has 1 aliphatic heterocycles. The summed E-state index contributed by atoms with van der Waals surface area (Å²) >= 11 is 6.07. The zero-order valence-electron chi connectivity index (χ0n) is 20.1.